The number of nitro groups is 1. The van der Waals surface area contributed by atoms with E-state index >= 15 is 0 Å². The average molecular weight is 356 g/mol. The van der Waals surface area contributed by atoms with E-state index in [2.05, 4.69) is 36.5 Å². The Hall–Kier alpha value is -2.29. The molecule has 9 heteroatoms. The molecule has 0 aliphatic carbocycles. The van der Waals surface area contributed by atoms with Gasteiger partial charge in [-0.3, -0.25) is 10.1 Å². The highest BCUT2D eigenvalue weighted by atomic mass is 79.9. The number of nitrogens with one attached hydrogen (secondary N) is 2. The van der Waals surface area contributed by atoms with Gasteiger partial charge in [0.05, 0.1) is 10.6 Å². The molecule has 0 unspecified atom stereocenters. The summed E-state index contributed by atoms with van der Waals surface area (Å²) in [6.45, 7) is 2.24. The maximum atomic E-state index is 13.8. The summed E-state index contributed by atoms with van der Waals surface area (Å²) in [4.78, 5) is 18.3. The standard InChI is InChI=1S/C12H11BrFN5O2/c1-2-15-11-10(19(20)21)12(17-6-16-11)18-9-7(13)4-3-5-8(9)14/h3-6H,2H2,1H3,(H2,15,16,17,18). The number of halogens is 2. The van der Waals surface area contributed by atoms with Gasteiger partial charge in [0.2, 0.25) is 11.6 Å². The fourth-order valence-corrected chi connectivity index (χ4v) is 2.12. The van der Waals surface area contributed by atoms with Crippen LogP contribution >= 0.6 is 15.9 Å². The monoisotopic (exact) mass is 355 g/mol. The molecule has 0 aliphatic heterocycles. The van der Waals surface area contributed by atoms with Gasteiger partial charge >= 0.3 is 5.69 Å². The molecule has 21 heavy (non-hydrogen) atoms. The van der Waals surface area contributed by atoms with Crippen LogP contribution in [-0.4, -0.2) is 21.4 Å². The van der Waals surface area contributed by atoms with Crippen molar-refractivity contribution in [2.24, 2.45) is 0 Å². The van der Waals surface area contributed by atoms with Crippen LogP contribution in [0.2, 0.25) is 0 Å². The smallest absolute Gasteiger partial charge is 0.353 e. The second kappa shape index (κ2) is 6.44. The first kappa shape index (κ1) is 15.1. The summed E-state index contributed by atoms with van der Waals surface area (Å²) in [5.74, 6) is -0.563. The highest BCUT2D eigenvalue weighted by molar-refractivity contribution is 9.10. The third-order valence-corrected chi connectivity index (χ3v) is 3.22. The summed E-state index contributed by atoms with van der Waals surface area (Å²) in [5.41, 5.74) is -0.267. The Morgan fingerprint density at radius 1 is 1.38 bits per heavy atom. The van der Waals surface area contributed by atoms with E-state index in [1.165, 1.54) is 18.5 Å². The van der Waals surface area contributed by atoms with E-state index in [9.17, 15) is 14.5 Å². The van der Waals surface area contributed by atoms with E-state index in [1.807, 2.05) is 0 Å². The lowest BCUT2D eigenvalue weighted by molar-refractivity contribution is -0.383. The Balaban J connectivity index is 2.49. The normalized spacial score (nSPS) is 10.2. The lowest BCUT2D eigenvalue weighted by Gasteiger charge is -2.10. The minimum absolute atomic E-state index is 0.0711. The third kappa shape index (κ3) is 3.24. The topological polar surface area (TPSA) is 93.0 Å². The number of hydrogen-bond acceptors (Lipinski definition) is 6. The first-order valence-electron chi connectivity index (χ1n) is 5.99. The van der Waals surface area contributed by atoms with Crippen LogP contribution in [0.5, 0.6) is 0 Å². The Morgan fingerprint density at radius 3 is 2.71 bits per heavy atom. The third-order valence-electron chi connectivity index (χ3n) is 2.56. The molecule has 0 radical (unpaired) electrons. The first-order valence-corrected chi connectivity index (χ1v) is 6.78. The van der Waals surface area contributed by atoms with E-state index in [-0.39, 0.29) is 23.0 Å². The molecule has 110 valence electrons. The molecule has 0 aliphatic rings. The van der Waals surface area contributed by atoms with Crippen LogP contribution in [0, 0.1) is 15.9 Å². The van der Waals surface area contributed by atoms with E-state index < -0.39 is 10.7 Å². The molecule has 0 fully saturated rings. The van der Waals surface area contributed by atoms with Crippen LogP contribution in [0.4, 0.5) is 27.4 Å². The van der Waals surface area contributed by atoms with Gasteiger partial charge in [0.1, 0.15) is 12.1 Å². The molecule has 1 heterocycles. The molecule has 1 aromatic heterocycles. The van der Waals surface area contributed by atoms with Gasteiger partial charge in [0, 0.05) is 11.0 Å². The molecule has 0 saturated carbocycles. The van der Waals surface area contributed by atoms with Gasteiger partial charge in [-0.1, -0.05) is 6.07 Å². The van der Waals surface area contributed by atoms with Crippen LogP contribution in [-0.2, 0) is 0 Å². The number of para-hydroxylation sites is 1. The number of anilines is 3. The first-order chi connectivity index (χ1) is 10.0. The molecule has 0 bridgehead atoms. The molecule has 0 amide bonds. The lowest BCUT2D eigenvalue weighted by Crippen LogP contribution is -2.08. The summed E-state index contributed by atoms with van der Waals surface area (Å²) in [7, 11) is 0. The number of benzene rings is 1. The van der Waals surface area contributed by atoms with Crippen LogP contribution in [0.3, 0.4) is 0 Å². The maximum absolute atomic E-state index is 13.8. The predicted octanol–water partition coefficient (Wildman–Crippen LogP) is 3.46. The van der Waals surface area contributed by atoms with E-state index in [4.69, 9.17) is 0 Å². The highest BCUT2D eigenvalue weighted by Crippen LogP contribution is 2.34. The van der Waals surface area contributed by atoms with Crippen LogP contribution in [0.1, 0.15) is 6.92 Å². The Morgan fingerprint density at radius 2 is 2.10 bits per heavy atom. The van der Waals surface area contributed by atoms with Crippen molar-refractivity contribution in [1.82, 2.24) is 9.97 Å². The van der Waals surface area contributed by atoms with Crippen molar-refractivity contribution < 1.29 is 9.31 Å². The van der Waals surface area contributed by atoms with Crippen LogP contribution < -0.4 is 10.6 Å². The minimum Gasteiger partial charge on any atom is -0.364 e. The fraction of sp³-hybridized carbons (Fsp3) is 0.167. The van der Waals surface area contributed by atoms with Gasteiger partial charge in [-0.05, 0) is 35.0 Å². The molecule has 2 N–H and O–H groups in total. The molecule has 2 rings (SSSR count). The molecule has 2 aromatic rings. The second-order valence-corrected chi connectivity index (χ2v) is 4.78. The zero-order valence-corrected chi connectivity index (χ0v) is 12.5. The molecule has 0 atom stereocenters. The average Bonchev–Trinajstić information content (AvgIpc) is 2.43. The predicted molar refractivity (Wildman–Crippen MR) is 80.2 cm³/mol. The fourth-order valence-electron chi connectivity index (χ4n) is 1.68. The molecular weight excluding hydrogens is 345 g/mol. The summed E-state index contributed by atoms with van der Waals surface area (Å²) in [6, 6.07) is 4.37. The summed E-state index contributed by atoms with van der Waals surface area (Å²) < 4.78 is 14.2. The van der Waals surface area contributed by atoms with Gasteiger partial charge in [-0.2, -0.15) is 0 Å². The largest absolute Gasteiger partial charge is 0.364 e. The van der Waals surface area contributed by atoms with Gasteiger partial charge in [-0.25, -0.2) is 14.4 Å². The van der Waals surface area contributed by atoms with Crippen LogP contribution in [0.15, 0.2) is 29.0 Å². The number of hydrogen-bond donors (Lipinski definition) is 2. The second-order valence-electron chi connectivity index (χ2n) is 3.93. The molecule has 0 spiro atoms. The maximum Gasteiger partial charge on any atom is 0.353 e. The summed E-state index contributed by atoms with van der Waals surface area (Å²) >= 11 is 3.18. The summed E-state index contributed by atoms with van der Waals surface area (Å²) in [5, 5.41) is 16.6. The van der Waals surface area contributed by atoms with Crippen molar-refractivity contribution in [3.05, 3.63) is 44.9 Å². The van der Waals surface area contributed by atoms with Gasteiger partial charge in [0.25, 0.3) is 0 Å². The van der Waals surface area contributed by atoms with E-state index in [0.717, 1.165) is 0 Å². The zero-order chi connectivity index (χ0) is 15.4. The minimum atomic E-state index is -0.616. The van der Waals surface area contributed by atoms with Gasteiger partial charge in [-0.15, -0.1) is 0 Å². The highest BCUT2D eigenvalue weighted by Gasteiger charge is 2.23. The van der Waals surface area contributed by atoms with Crippen molar-refractivity contribution in [3.63, 3.8) is 0 Å². The Bertz CT molecular complexity index is 662. The van der Waals surface area contributed by atoms with Crippen molar-refractivity contribution in [2.45, 2.75) is 6.92 Å². The number of aromatic nitrogens is 2. The van der Waals surface area contributed by atoms with Crippen molar-refractivity contribution in [3.8, 4) is 0 Å². The van der Waals surface area contributed by atoms with Crippen LogP contribution in [0.25, 0.3) is 0 Å². The van der Waals surface area contributed by atoms with E-state index in [1.54, 1.807) is 13.0 Å². The quantitative estimate of drug-likeness (QED) is 0.630. The van der Waals surface area contributed by atoms with Crippen molar-refractivity contribution >= 4 is 38.9 Å². The summed E-state index contributed by atoms with van der Waals surface area (Å²) in [6.07, 6.45) is 1.17. The zero-order valence-electron chi connectivity index (χ0n) is 10.9. The molecule has 0 saturated heterocycles. The SMILES string of the molecule is CCNc1ncnc(Nc2c(F)cccc2Br)c1[N+](=O)[O-]. The molecule has 1 aromatic carbocycles. The number of nitrogens with zero attached hydrogens (tertiary/aromatic N) is 3. The number of rotatable bonds is 5. The van der Waals surface area contributed by atoms with Gasteiger partial charge in [0.15, 0.2) is 0 Å². The molecular formula is C12H11BrFN5O2. The Labute approximate surface area is 127 Å². The Kier molecular flexibility index (Phi) is 4.63. The van der Waals surface area contributed by atoms with Gasteiger partial charge < -0.3 is 10.6 Å². The van der Waals surface area contributed by atoms with Crippen molar-refractivity contribution in [2.75, 3.05) is 17.2 Å². The molecule has 7 nitrogen and oxygen atoms in total. The van der Waals surface area contributed by atoms with Crippen molar-refractivity contribution in [1.29, 1.82) is 0 Å². The van der Waals surface area contributed by atoms with E-state index in [0.29, 0.717) is 11.0 Å². The lowest BCUT2D eigenvalue weighted by atomic mass is 10.3.